The second kappa shape index (κ2) is 8.41. The number of anilines is 3. The van der Waals surface area contributed by atoms with Crippen LogP contribution in [0.5, 0.6) is 0 Å². The first-order chi connectivity index (χ1) is 12.2. The van der Waals surface area contributed by atoms with Crippen LogP contribution in [-0.2, 0) is 0 Å². The third-order valence-electron chi connectivity index (χ3n) is 4.43. The smallest absolute Gasteiger partial charge is 0.146 e. The Morgan fingerprint density at radius 2 is 1.64 bits per heavy atom. The number of piperazine rings is 1. The number of alkyl halides is 1. The van der Waals surface area contributed by atoms with Gasteiger partial charge in [-0.25, -0.2) is 4.39 Å². The van der Waals surface area contributed by atoms with Gasteiger partial charge >= 0.3 is 0 Å². The molecule has 25 heavy (non-hydrogen) atoms. The van der Waals surface area contributed by atoms with Crippen LogP contribution in [0.1, 0.15) is 0 Å². The summed E-state index contributed by atoms with van der Waals surface area (Å²) in [6, 6.07) is 15.1. The van der Waals surface area contributed by atoms with E-state index in [1.54, 1.807) is 6.07 Å². The first-order valence-electron chi connectivity index (χ1n) is 8.50. The summed E-state index contributed by atoms with van der Waals surface area (Å²) in [6.45, 7) is 3.73. The molecule has 1 saturated heterocycles. The number of nitrogens with zero attached hydrogens (tertiary/aromatic N) is 2. The van der Waals surface area contributed by atoms with Crippen LogP contribution < -0.4 is 15.1 Å². The van der Waals surface area contributed by atoms with Gasteiger partial charge in [-0.3, -0.25) is 0 Å². The maximum Gasteiger partial charge on any atom is 0.146 e. The number of nitrogens with one attached hydrogen (secondary N) is 1. The molecular weight excluding hydrogens is 341 g/mol. The molecule has 4 nitrogen and oxygen atoms in total. The first-order valence-corrected chi connectivity index (χ1v) is 9.03. The maximum atomic E-state index is 13.9. The molecule has 1 aliphatic rings. The van der Waals surface area contributed by atoms with Crippen molar-refractivity contribution >= 4 is 28.7 Å². The van der Waals surface area contributed by atoms with Crippen LogP contribution in [0.4, 0.5) is 21.5 Å². The summed E-state index contributed by atoms with van der Waals surface area (Å²) in [5.74, 6) is 0.0580. The van der Waals surface area contributed by atoms with Gasteiger partial charge in [0.1, 0.15) is 5.82 Å². The minimum Gasteiger partial charge on any atom is -0.390 e. The third kappa shape index (κ3) is 4.55. The van der Waals surface area contributed by atoms with Crippen LogP contribution in [0.15, 0.2) is 48.5 Å². The van der Waals surface area contributed by atoms with Gasteiger partial charge in [0.25, 0.3) is 0 Å². The number of aliphatic hydroxyl groups is 1. The van der Waals surface area contributed by atoms with Crippen molar-refractivity contribution in [2.45, 2.75) is 6.10 Å². The summed E-state index contributed by atoms with van der Waals surface area (Å²) in [5, 5.41) is 12.6. The van der Waals surface area contributed by atoms with Crippen molar-refractivity contribution in [3.05, 3.63) is 54.3 Å². The van der Waals surface area contributed by atoms with Gasteiger partial charge in [-0.2, -0.15) is 0 Å². The second-order valence-electron chi connectivity index (χ2n) is 6.16. The highest BCUT2D eigenvalue weighted by Crippen LogP contribution is 2.23. The topological polar surface area (TPSA) is 38.7 Å². The van der Waals surface area contributed by atoms with Crippen molar-refractivity contribution < 1.29 is 9.50 Å². The fourth-order valence-corrected chi connectivity index (χ4v) is 3.10. The van der Waals surface area contributed by atoms with Crippen molar-refractivity contribution in [1.29, 1.82) is 0 Å². The van der Waals surface area contributed by atoms with Crippen molar-refractivity contribution in [3.63, 3.8) is 0 Å². The van der Waals surface area contributed by atoms with Crippen molar-refractivity contribution in [3.8, 4) is 0 Å². The van der Waals surface area contributed by atoms with Gasteiger partial charge in [-0.15, -0.1) is 11.6 Å². The van der Waals surface area contributed by atoms with E-state index in [0.29, 0.717) is 12.2 Å². The molecule has 0 aromatic heterocycles. The fraction of sp³-hybridized carbons (Fsp3) is 0.368. The van der Waals surface area contributed by atoms with Gasteiger partial charge in [0.2, 0.25) is 0 Å². The zero-order chi connectivity index (χ0) is 17.6. The average molecular weight is 364 g/mol. The number of hydrogen-bond donors (Lipinski definition) is 2. The molecule has 0 amide bonds. The summed E-state index contributed by atoms with van der Waals surface area (Å²) in [6.07, 6.45) is -0.548. The Hall–Kier alpha value is -1.98. The summed E-state index contributed by atoms with van der Waals surface area (Å²) in [7, 11) is 0. The van der Waals surface area contributed by atoms with Crippen LogP contribution in [0.3, 0.4) is 0 Å². The summed E-state index contributed by atoms with van der Waals surface area (Å²) >= 11 is 5.59. The Morgan fingerprint density at radius 3 is 2.28 bits per heavy atom. The summed E-state index contributed by atoms with van der Waals surface area (Å²) in [5.41, 5.74) is 2.79. The Bertz CT molecular complexity index is 675. The molecule has 134 valence electrons. The number of benzene rings is 2. The lowest BCUT2D eigenvalue weighted by molar-refractivity contribution is 0.211. The molecule has 2 aromatic carbocycles. The molecule has 1 heterocycles. The molecule has 0 spiro atoms. The van der Waals surface area contributed by atoms with E-state index in [-0.39, 0.29) is 11.7 Å². The lowest BCUT2D eigenvalue weighted by atomic mass is 10.2. The normalized spacial score (nSPS) is 16.0. The highest BCUT2D eigenvalue weighted by Gasteiger charge is 2.19. The van der Waals surface area contributed by atoms with Crippen molar-refractivity contribution in [2.75, 3.05) is 53.7 Å². The number of hydrogen-bond acceptors (Lipinski definition) is 4. The van der Waals surface area contributed by atoms with Crippen molar-refractivity contribution in [2.24, 2.45) is 0 Å². The van der Waals surface area contributed by atoms with Gasteiger partial charge in [-0.1, -0.05) is 12.1 Å². The number of rotatable bonds is 6. The van der Waals surface area contributed by atoms with Gasteiger partial charge in [-0.05, 0) is 36.4 Å². The van der Waals surface area contributed by atoms with Crippen LogP contribution in [0.2, 0.25) is 0 Å². The highest BCUT2D eigenvalue weighted by molar-refractivity contribution is 6.18. The number of halogens is 2. The third-order valence-corrected chi connectivity index (χ3v) is 4.78. The average Bonchev–Trinajstić information content (AvgIpc) is 2.67. The molecule has 0 radical (unpaired) electrons. The summed E-state index contributed by atoms with van der Waals surface area (Å²) < 4.78 is 13.9. The maximum absolute atomic E-state index is 13.9. The highest BCUT2D eigenvalue weighted by atomic mass is 35.5. The zero-order valence-electron chi connectivity index (χ0n) is 14.0. The van der Waals surface area contributed by atoms with E-state index in [1.165, 1.54) is 6.07 Å². The molecule has 2 aromatic rings. The minimum absolute atomic E-state index is 0.162. The molecular formula is C19H23ClFN3O. The van der Waals surface area contributed by atoms with E-state index in [0.717, 1.165) is 37.6 Å². The Balaban J connectivity index is 1.55. The minimum atomic E-state index is -0.548. The molecule has 0 saturated carbocycles. The zero-order valence-corrected chi connectivity index (χ0v) is 14.8. The molecule has 1 aliphatic heterocycles. The Labute approximate surface area is 152 Å². The van der Waals surface area contributed by atoms with E-state index >= 15 is 0 Å². The second-order valence-corrected chi connectivity index (χ2v) is 6.47. The lowest BCUT2D eigenvalue weighted by Gasteiger charge is -2.37. The van der Waals surface area contributed by atoms with E-state index in [1.807, 2.05) is 24.3 Å². The van der Waals surface area contributed by atoms with Crippen LogP contribution in [0.25, 0.3) is 0 Å². The molecule has 1 fully saturated rings. The van der Waals surface area contributed by atoms with Crippen LogP contribution in [0, 0.1) is 5.82 Å². The molecule has 3 rings (SSSR count). The molecule has 6 heteroatoms. The Morgan fingerprint density at radius 1 is 1.00 bits per heavy atom. The van der Waals surface area contributed by atoms with E-state index < -0.39 is 6.10 Å². The predicted octanol–water partition coefficient (Wildman–Crippen LogP) is 3.16. The fourth-order valence-electron chi connectivity index (χ4n) is 2.99. The number of aliphatic hydroxyl groups excluding tert-OH is 1. The molecule has 2 N–H and O–H groups in total. The predicted molar refractivity (Wildman–Crippen MR) is 102 cm³/mol. The standard InChI is InChI=1S/C19H23ClFN3O/c20-13-17(25)14-22-15-5-7-16(8-6-15)23-9-11-24(12-10-23)19-4-2-1-3-18(19)21/h1-8,17,22,25H,9-14H2. The van der Waals surface area contributed by atoms with Gasteiger partial charge in [0.05, 0.1) is 17.7 Å². The van der Waals surface area contributed by atoms with Crippen LogP contribution >= 0.6 is 11.6 Å². The largest absolute Gasteiger partial charge is 0.390 e. The summed E-state index contributed by atoms with van der Waals surface area (Å²) in [4.78, 5) is 4.39. The SMILES string of the molecule is OC(CCl)CNc1ccc(N2CCN(c3ccccc3F)CC2)cc1. The van der Waals surface area contributed by atoms with Crippen LogP contribution in [-0.4, -0.2) is 49.8 Å². The molecule has 0 aliphatic carbocycles. The first kappa shape index (κ1) is 17.8. The molecule has 1 atom stereocenters. The lowest BCUT2D eigenvalue weighted by Crippen LogP contribution is -2.46. The van der Waals surface area contributed by atoms with E-state index in [4.69, 9.17) is 11.6 Å². The van der Waals surface area contributed by atoms with E-state index in [2.05, 4.69) is 27.2 Å². The Kier molecular flexibility index (Phi) is 6.00. The van der Waals surface area contributed by atoms with Gasteiger partial charge in [0.15, 0.2) is 0 Å². The quantitative estimate of drug-likeness (QED) is 0.773. The monoisotopic (exact) mass is 363 g/mol. The van der Waals surface area contributed by atoms with Gasteiger partial charge in [0, 0.05) is 44.1 Å². The number of para-hydroxylation sites is 1. The van der Waals surface area contributed by atoms with Gasteiger partial charge < -0.3 is 20.2 Å². The molecule has 0 bridgehead atoms. The van der Waals surface area contributed by atoms with Crippen molar-refractivity contribution in [1.82, 2.24) is 0 Å². The van der Waals surface area contributed by atoms with E-state index in [9.17, 15) is 9.50 Å². The molecule has 1 unspecified atom stereocenters.